The van der Waals surface area contributed by atoms with Crippen LogP contribution in [0.4, 0.5) is 0 Å². The molecular weight excluding hydrogens is 246 g/mol. The largest absolute Gasteiger partial charge is 0.504 e. The van der Waals surface area contributed by atoms with Crippen molar-refractivity contribution < 1.29 is 19.3 Å². The fraction of sp³-hybridized carbons (Fsp3) is 0.571. The van der Waals surface area contributed by atoms with Crippen LogP contribution in [0.25, 0.3) is 0 Å². The molecule has 0 aromatic heterocycles. The second-order valence-corrected chi connectivity index (χ2v) is 4.61. The van der Waals surface area contributed by atoms with Gasteiger partial charge < -0.3 is 24.6 Å². The van der Waals surface area contributed by atoms with E-state index < -0.39 is 0 Å². The van der Waals surface area contributed by atoms with E-state index in [1.807, 2.05) is 6.07 Å². The first-order valence-corrected chi connectivity index (χ1v) is 6.45. The van der Waals surface area contributed by atoms with E-state index >= 15 is 0 Å². The number of rotatable bonds is 4. The summed E-state index contributed by atoms with van der Waals surface area (Å²) in [5.41, 5.74) is 0.871. The van der Waals surface area contributed by atoms with Crippen molar-refractivity contribution in [2.24, 2.45) is 0 Å². The maximum atomic E-state index is 10.4. The van der Waals surface area contributed by atoms with Crippen LogP contribution in [0.3, 0.4) is 0 Å². The quantitative estimate of drug-likeness (QED) is 0.872. The monoisotopic (exact) mass is 267 g/mol. The number of phenols is 1. The van der Waals surface area contributed by atoms with Gasteiger partial charge in [-0.1, -0.05) is 0 Å². The van der Waals surface area contributed by atoms with E-state index in [1.54, 1.807) is 7.11 Å². The topological polar surface area (TPSA) is 60.0 Å². The molecule has 106 valence electrons. The molecule has 1 aliphatic heterocycles. The maximum absolute atomic E-state index is 10.4. The summed E-state index contributed by atoms with van der Waals surface area (Å²) in [6.45, 7) is 1.92. The minimum absolute atomic E-state index is 0.159. The van der Waals surface area contributed by atoms with Crippen LogP contribution < -0.4 is 19.5 Å². The molecule has 0 unspecified atom stereocenters. The Balaban J connectivity index is 2.48. The SMILES string of the molecule is COc1cc(C2CCNCC2)c(O)c(OC)c1OC. The summed E-state index contributed by atoms with van der Waals surface area (Å²) in [5.74, 6) is 1.84. The highest BCUT2D eigenvalue weighted by molar-refractivity contribution is 5.63. The van der Waals surface area contributed by atoms with Crippen molar-refractivity contribution in [2.45, 2.75) is 18.8 Å². The van der Waals surface area contributed by atoms with Crippen molar-refractivity contribution >= 4 is 0 Å². The first-order valence-electron chi connectivity index (χ1n) is 6.45. The number of aromatic hydroxyl groups is 1. The van der Waals surface area contributed by atoms with Crippen LogP contribution in [0.2, 0.25) is 0 Å². The van der Waals surface area contributed by atoms with Crippen molar-refractivity contribution in [2.75, 3.05) is 34.4 Å². The second-order valence-electron chi connectivity index (χ2n) is 4.61. The van der Waals surface area contributed by atoms with Gasteiger partial charge in [-0.05, 0) is 37.9 Å². The van der Waals surface area contributed by atoms with Gasteiger partial charge in [-0.3, -0.25) is 0 Å². The molecule has 1 aromatic carbocycles. The van der Waals surface area contributed by atoms with Crippen molar-refractivity contribution in [1.82, 2.24) is 5.32 Å². The van der Waals surface area contributed by atoms with E-state index in [9.17, 15) is 5.11 Å². The highest BCUT2D eigenvalue weighted by Gasteiger charge is 2.25. The van der Waals surface area contributed by atoms with E-state index in [0.717, 1.165) is 31.5 Å². The highest BCUT2D eigenvalue weighted by Crippen LogP contribution is 2.49. The number of benzene rings is 1. The first-order chi connectivity index (χ1) is 9.22. The lowest BCUT2D eigenvalue weighted by atomic mass is 9.89. The molecule has 0 spiro atoms. The van der Waals surface area contributed by atoms with Crippen molar-refractivity contribution in [3.05, 3.63) is 11.6 Å². The summed E-state index contributed by atoms with van der Waals surface area (Å²) in [6, 6.07) is 1.85. The zero-order valence-electron chi connectivity index (χ0n) is 11.7. The summed E-state index contributed by atoms with van der Waals surface area (Å²) in [4.78, 5) is 0. The van der Waals surface area contributed by atoms with E-state index in [-0.39, 0.29) is 5.75 Å². The lowest BCUT2D eigenvalue weighted by Gasteiger charge is -2.25. The molecule has 0 atom stereocenters. The normalized spacial score (nSPS) is 16.2. The Morgan fingerprint density at radius 3 is 2.21 bits per heavy atom. The van der Waals surface area contributed by atoms with Crippen LogP contribution >= 0.6 is 0 Å². The number of hydrogen-bond acceptors (Lipinski definition) is 5. The molecule has 19 heavy (non-hydrogen) atoms. The zero-order valence-corrected chi connectivity index (χ0v) is 11.7. The number of piperidine rings is 1. The Morgan fingerprint density at radius 1 is 1.05 bits per heavy atom. The lowest BCUT2D eigenvalue weighted by molar-refractivity contribution is 0.306. The molecule has 5 heteroatoms. The summed E-state index contributed by atoms with van der Waals surface area (Å²) in [6.07, 6.45) is 1.98. The zero-order chi connectivity index (χ0) is 13.8. The molecule has 1 saturated heterocycles. The van der Waals surface area contributed by atoms with Gasteiger partial charge in [0.1, 0.15) is 0 Å². The van der Waals surface area contributed by atoms with Crippen LogP contribution in [-0.2, 0) is 0 Å². The molecule has 1 aliphatic rings. The van der Waals surface area contributed by atoms with Gasteiger partial charge in [0.15, 0.2) is 11.5 Å². The Bertz CT molecular complexity index is 442. The van der Waals surface area contributed by atoms with Crippen LogP contribution in [0.1, 0.15) is 24.3 Å². The third-order valence-electron chi connectivity index (χ3n) is 3.61. The van der Waals surface area contributed by atoms with Crippen LogP contribution in [-0.4, -0.2) is 39.5 Å². The number of ether oxygens (including phenoxy) is 3. The predicted octanol–water partition coefficient (Wildman–Crippen LogP) is 1.88. The van der Waals surface area contributed by atoms with E-state index in [0.29, 0.717) is 23.2 Å². The molecule has 1 aromatic rings. The van der Waals surface area contributed by atoms with Gasteiger partial charge in [-0.2, -0.15) is 0 Å². The van der Waals surface area contributed by atoms with E-state index in [2.05, 4.69) is 5.32 Å². The van der Waals surface area contributed by atoms with Crippen LogP contribution in [0.5, 0.6) is 23.0 Å². The summed E-state index contributed by atoms with van der Waals surface area (Å²) in [7, 11) is 4.63. The van der Waals surface area contributed by atoms with Gasteiger partial charge in [0, 0.05) is 5.56 Å². The second kappa shape index (κ2) is 6.02. The third kappa shape index (κ3) is 2.56. The lowest BCUT2D eigenvalue weighted by Crippen LogP contribution is -2.26. The van der Waals surface area contributed by atoms with Gasteiger partial charge in [-0.15, -0.1) is 0 Å². The number of methoxy groups -OCH3 is 3. The molecule has 0 radical (unpaired) electrons. The van der Waals surface area contributed by atoms with Gasteiger partial charge in [0.25, 0.3) is 0 Å². The summed E-state index contributed by atoms with van der Waals surface area (Å²) >= 11 is 0. The van der Waals surface area contributed by atoms with Gasteiger partial charge in [0.2, 0.25) is 11.5 Å². The van der Waals surface area contributed by atoms with Gasteiger partial charge in [0.05, 0.1) is 21.3 Å². The smallest absolute Gasteiger partial charge is 0.207 e. The van der Waals surface area contributed by atoms with Crippen molar-refractivity contribution in [1.29, 1.82) is 0 Å². The molecule has 0 amide bonds. The molecule has 2 N–H and O–H groups in total. The molecule has 5 nitrogen and oxygen atoms in total. The minimum atomic E-state index is 0.159. The van der Waals surface area contributed by atoms with E-state index in [4.69, 9.17) is 14.2 Å². The maximum Gasteiger partial charge on any atom is 0.207 e. The summed E-state index contributed by atoms with van der Waals surface area (Å²) < 4.78 is 15.9. The number of nitrogens with one attached hydrogen (secondary N) is 1. The third-order valence-corrected chi connectivity index (χ3v) is 3.61. The van der Waals surface area contributed by atoms with Crippen molar-refractivity contribution in [3.63, 3.8) is 0 Å². The molecule has 1 fully saturated rings. The van der Waals surface area contributed by atoms with Gasteiger partial charge in [-0.25, -0.2) is 0 Å². The first kappa shape index (κ1) is 13.8. The Morgan fingerprint density at radius 2 is 1.68 bits per heavy atom. The predicted molar refractivity (Wildman–Crippen MR) is 72.6 cm³/mol. The standard InChI is InChI=1S/C14H21NO4/c1-17-11-8-10(9-4-6-15-7-5-9)12(16)14(19-3)13(11)18-2/h8-9,15-16H,4-7H2,1-3H3. The molecule has 1 heterocycles. The molecule has 0 saturated carbocycles. The highest BCUT2D eigenvalue weighted by atomic mass is 16.5. The molecule has 0 bridgehead atoms. The Hall–Kier alpha value is -1.62. The summed E-state index contributed by atoms with van der Waals surface area (Å²) in [5, 5.41) is 13.7. The molecule has 0 aliphatic carbocycles. The Kier molecular flexibility index (Phi) is 4.37. The van der Waals surface area contributed by atoms with Crippen LogP contribution in [0, 0.1) is 0 Å². The fourth-order valence-electron chi connectivity index (χ4n) is 2.60. The minimum Gasteiger partial charge on any atom is -0.504 e. The number of hydrogen-bond donors (Lipinski definition) is 2. The van der Waals surface area contributed by atoms with Crippen LogP contribution in [0.15, 0.2) is 6.07 Å². The van der Waals surface area contributed by atoms with Gasteiger partial charge >= 0.3 is 0 Å². The number of phenolic OH excluding ortho intramolecular Hbond substituents is 1. The Labute approximate surface area is 113 Å². The molecular formula is C14H21NO4. The molecule has 2 rings (SSSR count). The average molecular weight is 267 g/mol. The average Bonchev–Trinajstić information content (AvgIpc) is 2.47. The van der Waals surface area contributed by atoms with E-state index in [1.165, 1.54) is 14.2 Å². The fourth-order valence-corrected chi connectivity index (χ4v) is 2.60. The van der Waals surface area contributed by atoms with Crippen molar-refractivity contribution in [3.8, 4) is 23.0 Å².